The topological polar surface area (TPSA) is 156 Å². The summed E-state index contributed by atoms with van der Waals surface area (Å²) in [6.07, 6.45) is 3.08. The van der Waals surface area contributed by atoms with E-state index in [0.29, 0.717) is 56.8 Å². The first-order valence-corrected chi connectivity index (χ1v) is 27.0. The van der Waals surface area contributed by atoms with Crippen LogP contribution in [0.3, 0.4) is 0 Å². The van der Waals surface area contributed by atoms with Crippen LogP contribution in [0.15, 0.2) is 82.6 Å². The van der Waals surface area contributed by atoms with Crippen molar-refractivity contribution in [1.82, 2.24) is 9.13 Å². The van der Waals surface area contributed by atoms with Crippen LogP contribution in [0.2, 0.25) is 28.2 Å². The molecule has 6 aromatic rings. The zero-order chi connectivity index (χ0) is 52.9. The first-order chi connectivity index (χ1) is 33.3. The Morgan fingerprint density at radius 3 is 1.55 bits per heavy atom. The van der Waals surface area contributed by atoms with Crippen LogP contribution in [-0.4, -0.2) is 73.6 Å². The third-order valence-electron chi connectivity index (χ3n) is 13.3. The summed E-state index contributed by atoms with van der Waals surface area (Å²) in [6.45, 7) is 20.9. The summed E-state index contributed by atoms with van der Waals surface area (Å²) in [5, 5.41) is 19.9. The molecule has 2 atom stereocenters. The molecule has 6 rings (SSSR count). The lowest BCUT2D eigenvalue weighted by Gasteiger charge is -2.38. The van der Waals surface area contributed by atoms with E-state index in [2.05, 4.69) is 47.7 Å². The van der Waals surface area contributed by atoms with E-state index < -0.39 is 54.4 Å². The van der Waals surface area contributed by atoms with Crippen LogP contribution in [0.1, 0.15) is 110 Å². The van der Waals surface area contributed by atoms with Crippen molar-refractivity contribution in [2.75, 3.05) is 34.0 Å². The summed E-state index contributed by atoms with van der Waals surface area (Å²) in [4.78, 5) is 51.3. The fraction of sp³-hybridized carbons (Fsp3) is 0.407. The van der Waals surface area contributed by atoms with E-state index in [9.17, 15) is 38.2 Å². The molecule has 0 aliphatic heterocycles. The van der Waals surface area contributed by atoms with Gasteiger partial charge in [0.05, 0.1) is 67.2 Å². The van der Waals surface area contributed by atoms with E-state index in [-0.39, 0.29) is 70.0 Å². The molecule has 17 heteroatoms. The molecule has 71 heavy (non-hydrogen) atoms. The predicted molar refractivity (Wildman–Crippen MR) is 279 cm³/mol. The molecule has 0 aliphatic carbocycles. The standard InChI is InChI=1S/C31H41ClFNO5Si.C23H23ClFNO5/c1-10-38-30(36)23-17-34(26(19(2)3)18-39-40(8,9)31(4,5)6)25-16-27(37-7)21(15-22(25)29(23)35)14-20-12-11-13-24(32)28(20)33;1-12(2)19(11-27)26-10-16(23(29)30)22(28)15-8-14(20(31-3)9-18(15)26)7-13-5-4-6-17(24)21(13)25/h11-13,15-17,19,26H,10,14,18H2,1-9H3;4-6,8-10,12,19,27H,7,11H2,1-3H3,(H,29,30)/t26-;19-/m11/s1. The van der Waals surface area contributed by atoms with Crippen molar-refractivity contribution in [2.45, 2.75) is 98.4 Å². The summed E-state index contributed by atoms with van der Waals surface area (Å²) in [5.41, 5.74) is 1.24. The van der Waals surface area contributed by atoms with E-state index in [1.54, 1.807) is 60.2 Å². The third-order valence-corrected chi connectivity index (χ3v) is 18.4. The first-order valence-electron chi connectivity index (χ1n) is 23.3. The number of rotatable bonds is 17. The molecule has 0 radical (unpaired) electrons. The maximum Gasteiger partial charge on any atom is 0.343 e. The van der Waals surface area contributed by atoms with Crippen molar-refractivity contribution in [3.05, 3.63) is 149 Å². The molecule has 2 N–H and O–H groups in total. The van der Waals surface area contributed by atoms with Gasteiger partial charge in [0.1, 0.15) is 34.3 Å². The number of carbonyl (C=O) groups is 2. The molecule has 0 saturated carbocycles. The number of benzene rings is 4. The molecule has 4 aromatic carbocycles. The quantitative estimate of drug-likeness (QED) is 0.0666. The second-order valence-corrected chi connectivity index (χ2v) is 25.2. The number of esters is 1. The Labute approximate surface area is 424 Å². The number of carboxylic acid groups (broad SMARTS) is 1. The number of pyridine rings is 2. The number of hydrogen-bond acceptors (Lipinski definition) is 9. The van der Waals surface area contributed by atoms with Crippen molar-refractivity contribution in [3.8, 4) is 11.5 Å². The predicted octanol–water partition coefficient (Wildman–Crippen LogP) is 12.1. The largest absolute Gasteiger partial charge is 0.496 e. The monoisotopic (exact) mass is 1040 g/mol. The van der Waals surface area contributed by atoms with Crippen LogP contribution < -0.4 is 20.3 Å². The molecule has 0 bridgehead atoms. The van der Waals surface area contributed by atoms with Gasteiger partial charge in [0.15, 0.2) is 8.32 Å². The Balaban J connectivity index is 0.000000272. The van der Waals surface area contributed by atoms with Crippen molar-refractivity contribution in [1.29, 1.82) is 0 Å². The molecule has 0 aliphatic rings. The minimum Gasteiger partial charge on any atom is -0.496 e. The molecule has 0 spiro atoms. The second-order valence-electron chi connectivity index (χ2n) is 19.6. The van der Waals surface area contributed by atoms with Gasteiger partial charge < -0.3 is 38.0 Å². The summed E-state index contributed by atoms with van der Waals surface area (Å²) in [7, 11) is 0.903. The van der Waals surface area contributed by atoms with Gasteiger partial charge in [-0.25, -0.2) is 18.4 Å². The SMILES string of the molecule is CCOC(=O)c1cn([C@H](CO[Si](C)(C)C(C)(C)C)C(C)C)c2cc(OC)c(Cc3cccc(Cl)c3F)cc2c1=O.COc1cc2c(cc1Cc1cccc(Cl)c1F)c(=O)c(C(=O)O)cn2[C@H](CO)C(C)C. The zero-order valence-corrected chi connectivity index (χ0v) is 44.9. The number of carboxylic acids is 1. The van der Waals surface area contributed by atoms with Crippen LogP contribution in [0, 0.1) is 23.5 Å². The Morgan fingerprint density at radius 1 is 0.718 bits per heavy atom. The van der Waals surface area contributed by atoms with E-state index in [0.717, 1.165) is 0 Å². The molecule has 2 heterocycles. The molecular weight excluding hydrogens is 974 g/mol. The molecule has 2 aromatic heterocycles. The van der Waals surface area contributed by atoms with Crippen molar-refractivity contribution < 1.29 is 47.2 Å². The number of ether oxygens (including phenoxy) is 3. The highest BCUT2D eigenvalue weighted by Crippen LogP contribution is 2.39. The maximum absolute atomic E-state index is 14.8. The van der Waals surface area contributed by atoms with Gasteiger partial charge in [0.25, 0.3) is 0 Å². The highest BCUT2D eigenvalue weighted by molar-refractivity contribution is 6.74. The number of nitrogens with zero attached hydrogens (tertiary/aromatic N) is 2. The van der Waals surface area contributed by atoms with Crippen LogP contribution in [0.5, 0.6) is 11.5 Å². The Bertz CT molecular complexity index is 3060. The lowest BCUT2D eigenvalue weighted by molar-refractivity contribution is 0.0522. The molecule has 0 unspecified atom stereocenters. The fourth-order valence-electron chi connectivity index (χ4n) is 8.06. The number of halogens is 4. The second kappa shape index (κ2) is 23.3. The number of aliphatic hydroxyl groups is 1. The van der Waals surface area contributed by atoms with E-state index in [1.807, 2.05) is 18.4 Å². The molecule has 0 amide bonds. The van der Waals surface area contributed by atoms with Gasteiger partial charge in [-0.15, -0.1) is 0 Å². The number of aliphatic hydroxyl groups excluding tert-OH is 1. The molecule has 382 valence electrons. The fourth-order valence-corrected chi connectivity index (χ4v) is 9.47. The highest BCUT2D eigenvalue weighted by atomic mass is 35.5. The van der Waals surface area contributed by atoms with Gasteiger partial charge in [-0.05, 0) is 83.4 Å². The zero-order valence-electron chi connectivity index (χ0n) is 42.3. The minimum absolute atomic E-state index is 0.0178. The summed E-state index contributed by atoms with van der Waals surface area (Å²) >= 11 is 11.9. The number of hydrogen-bond donors (Lipinski definition) is 2. The third kappa shape index (κ3) is 12.4. The van der Waals surface area contributed by atoms with Gasteiger partial charge in [0, 0.05) is 48.1 Å². The first kappa shape index (κ1) is 56.3. The summed E-state index contributed by atoms with van der Waals surface area (Å²) in [6, 6.07) is 15.4. The van der Waals surface area contributed by atoms with Gasteiger partial charge in [-0.1, -0.05) is 95.9 Å². The van der Waals surface area contributed by atoms with Crippen LogP contribution >= 0.6 is 23.2 Å². The number of aromatic nitrogens is 2. The normalized spacial score (nSPS) is 12.8. The lowest BCUT2D eigenvalue weighted by Crippen LogP contribution is -2.42. The lowest BCUT2D eigenvalue weighted by atomic mass is 9.98. The van der Waals surface area contributed by atoms with Crippen LogP contribution in [0.4, 0.5) is 8.78 Å². The number of aromatic carboxylic acids is 1. The minimum atomic E-state index is -2.09. The van der Waals surface area contributed by atoms with E-state index in [4.69, 9.17) is 41.8 Å². The van der Waals surface area contributed by atoms with Crippen molar-refractivity contribution in [3.63, 3.8) is 0 Å². The highest BCUT2D eigenvalue weighted by Gasteiger charge is 2.38. The maximum atomic E-state index is 14.8. The summed E-state index contributed by atoms with van der Waals surface area (Å²) < 4.78 is 55.8. The van der Waals surface area contributed by atoms with Crippen molar-refractivity contribution >= 4 is 65.3 Å². The van der Waals surface area contributed by atoms with Gasteiger partial charge >= 0.3 is 11.9 Å². The Hall–Kier alpha value is -5.58. The van der Waals surface area contributed by atoms with E-state index >= 15 is 0 Å². The van der Waals surface area contributed by atoms with Gasteiger partial charge in [0.2, 0.25) is 10.9 Å². The molecular formula is C54H64Cl2F2N2O10Si. The van der Waals surface area contributed by atoms with Gasteiger partial charge in [-0.3, -0.25) is 9.59 Å². The van der Waals surface area contributed by atoms with Crippen molar-refractivity contribution in [2.24, 2.45) is 11.8 Å². The summed E-state index contributed by atoms with van der Waals surface area (Å²) in [5.74, 6) is -2.16. The Morgan fingerprint density at radius 2 is 1.15 bits per heavy atom. The van der Waals surface area contributed by atoms with Gasteiger partial charge in [-0.2, -0.15) is 0 Å². The Kier molecular flexibility index (Phi) is 18.5. The smallest absolute Gasteiger partial charge is 0.343 e. The molecule has 0 fully saturated rings. The average Bonchev–Trinajstić information content (AvgIpc) is 3.30. The number of carbonyl (C=O) groups excluding carboxylic acids is 1. The van der Waals surface area contributed by atoms with Crippen LogP contribution in [0.25, 0.3) is 21.8 Å². The number of methoxy groups -OCH3 is 2. The average molecular weight is 1040 g/mol. The van der Waals surface area contributed by atoms with E-state index in [1.165, 1.54) is 38.6 Å². The molecule has 12 nitrogen and oxygen atoms in total. The molecule has 0 saturated heterocycles. The number of fused-ring (bicyclic) bond motifs is 2. The van der Waals surface area contributed by atoms with Crippen LogP contribution in [-0.2, 0) is 22.0 Å².